The van der Waals surface area contributed by atoms with Crippen LogP contribution in [0.25, 0.3) is 0 Å². The molecule has 2 N–H and O–H groups in total. The Morgan fingerprint density at radius 2 is 2.04 bits per heavy atom. The quantitative estimate of drug-likeness (QED) is 0.840. The zero-order valence-corrected chi connectivity index (χ0v) is 13.4. The van der Waals surface area contributed by atoms with Gasteiger partial charge in [-0.1, -0.05) is 25.1 Å². The summed E-state index contributed by atoms with van der Waals surface area (Å²) in [7, 11) is 1.30. The number of nitrogens with zero attached hydrogens (tertiary/aromatic N) is 1. The SMILES string of the molecule is COc1ccc(C(NC(=O)c2cc(C(C)C)no2)C(=O)O)cc1F. The maximum atomic E-state index is 13.8. The van der Waals surface area contributed by atoms with Crippen LogP contribution in [0.1, 0.15) is 47.6 Å². The zero-order chi connectivity index (χ0) is 17.9. The van der Waals surface area contributed by atoms with Gasteiger partial charge in [-0.25, -0.2) is 9.18 Å². The fourth-order valence-corrected chi connectivity index (χ4v) is 2.02. The molecule has 0 bridgehead atoms. The van der Waals surface area contributed by atoms with E-state index >= 15 is 0 Å². The molecule has 1 aromatic heterocycles. The number of rotatable bonds is 6. The molecule has 0 saturated carbocycles. The van der Waals surface area contributed by atoms with Crippen molar-refractivity contribution in [1.29, 1.82) is 0 Å². The Kier molecular flexibility index (Phi) is 5.18. The summed E-state index contributed by atoms with van der Waals surface area (Å²) in [6, 6.07) is 3.65. The molecule has 0 saturated heterocycles. The maximum absolute atomic E-state index is 13.8. The van der Waals surface area contributed by atoms with Gasteiger partial charge in [0.2, 0.25) is 5.76 Å². The monoisotopic (exact) mass is 336 g/mol. The fraction of sp³-hybridized carbons (Fsp3) is 0.312. The largest absolute Gasteiger partial charge is 0.494 e. The molecule has 24 heavy (non-hydrogen) atoms. The number of halogens is 1. The summed E-state index contributed by atoms with van der Waals surface area (Å²) >= 11 is 0. The number of carbonyl (C=O) groups is 2. The van der Waals surface area contributed by atoms with Crippen molar-refractivity contribution in [2.45, 2.75) is 25.8 Å². The number of carboxylic acids is 1. The minimum Gasteiger partial charge on any atom is -0.494 e. The lowest BCUT2D eigenvalue weighted by atomic mass is 10.1. The summed E-state index contributed by atoms with van der Waals surface area (Å²) in [5.41, 5.74) is 0.639. The second-order valence-electron chi connectivity index (χ2n) is 5.41. The second kappa shape index (κ2) is 7.12. The van der Waals surface area contributed by atoms with Crippen LogP contribution in [-0.2, 0) is 4.79 Å². The summed E-state index contributed by atoms with van der Waals surface area (Å²) in [6.07, 6.45) is 0. The van der Waals surface area contributed by atoms with Crippen LogP contribution in [0.2, 0.25) is 0 Å². The molecule has 0 aliphatic carbocycles. The number of benzene rings is 1. The van der Waals surface area contributed by atoms with Crippen LogP contribution in [0.15, 0.2) is 28.8 Å². The van der Waals surface area contributed by atoms with Crippen LogP contribution >= 0.6 is 0 Å². The van der Waals surface area contributed by atoms with E-state index in [1.54, 1.807) is 0 Å². The van der Waals surface area contributed by atoms with Gasteiger partial charge in [-0.3, -0.25) is 4.79 Å². The van der Waals surface area contributed by atoms with E-state index in [4.69, 9.17) is 9.26 Å². The lowest BCUT2D eigenvalue weighted by Gasteiger charge is -2.14. The van der Waals surface area contributed by atoms with Gasteiger partial charge in [-0.15, -0.1) is 0 Å². The molecule has 128 valence electrons. The van der Waals surface area contributed by atoms with Crippen molar-refractivity contribution in [1.82, 2.24) is 10.5 Å². The first kappa shape index (κ1) is 17.5. The molecule has 2 aromatic rings. The number of carboxylic acid groups (broad SMARTS) is 1. The summed E-state index contributed by atoms with van der Waals surface area (Å²) in [5.74, 6) is -2.89. The molecule has 1 unspecified atom stereocenters. The minimum atomic E-state index is -1.44. The number of amides is 1. The molecule has 0 spiro atoms. The van der Waals surface area contributed by atoms with E-state index in [0.717, 1.165) is 6.07 Å². The van der Waals surface area contributed by atoms with Crippen molar-refractivity contribution in [2.75, 3.05) is 7.11 Å². The first-order valence-corrected chi connectivity index (χ1v) is 7.17. The Morgan fingerprint density at radius 1 is 1.33 bits per heavy atom. The highest BCUT2D eigenvalue weighted by Crippen LogP contribution is 2.23. The van der Waals surface area contributed by atoms with E-state index in [0.29, 0.717) is 5.69 Å². The van der Waals surface area contributed by atoms with Gasteiger partial charge in [-0.05, 0) is 23.6 Å². The molecule has 1 heterocycles. The number of nitrogens with one attached hydrogen (secondary N) is 1. The Bertz CT molecular complexity index is 757. The van der Waals surface area contributed by atoms with Gasteiger partial charge in [0, 0.05) is 6.07 Å². The second-order valence-corrected chi connectivity index (χ2v) is 5.41. The van der Waals surface area contributed by atoms with Crippen molar-refractivity contribution in [3.05, 3.63) is 47.1 Å². The normalized spacial score (nSPS) is 12.0. The molecule has 1 aromatic carbocycles. The lowest BCUT2D eigenvalue weighted by molar-refractivity contribution is -0.139. The third-order valence-corrected chi connectivity index (χ3v) is 3.38. The maximum Gasteiger partial charge on any atom is 0.330 e. The summed E-state index contributed by atoms with van der Waals surface area (Å²) < 4.78 is 23.5. The molecule has 7 nitrogen and oxygen atoms in total. The molecule has 1 atom stereocenters. The number of hydrogen-bond donors (Lipinski definition) is 2. The Morgan fingerprint density at radius 3 is 2.54 bits per heavy atom. The number of carbonyl (C=O) groups excluding carboxylic acids is 1. The fourth-order valence-electron chi connectivity index (χ4n) is 2.02. The Hall–Kier alpha value is -2.90. The van der Waals surface area contributed by atoms with Crippen molar-refractivity contribution in [3.63, 3.8) is 0 Å². The summed E-state index contributed by atoms with van der Waals surface area (Å²) in [6.45, 7) is 3.75. The van der Waals surface area contributed by atoms with Gasteiger partial charge in [-0.2, -0.15) is 0 Å². The van der Waals surface area contributed by atoms with Gasteiger partial charge >= 0.3 is 5.97 Å². The van der Waals surface area contributed by atoms with Crippen LogP contribution < -0.4 is 10.1 Å². The third-order valence-electron chi connectivity index (χ3n) is 3.38. The van der Waals surface area contributed by atoms with Crippen molar-refractivity contribution < 1.29 is 28.3 Å². The number of aliphatic carboxylic acids is 1. The summed E-state index contributed by atoms with van der Waals surface area (Å²) in [5, 5.41) is 15.3. The standard InChI is InChI=1S/C16H17FN2O5/c1-8(2)11-7-13(24-19-11)15(20)18-14(16(21)22)9-4-5-12(23-3)10(17)6-9/h4-8,14H,1-3H3,(H,18,20)(H,21,22). The van der Waals surface area contributed by atoms with Crippen LogP contribution in [0.3, 0.4) is 0 Å². The molecule has 0 aliphatic rings. The lowest BCUT2D eigenvalue weighted by Crippen LogP contribution is -2.33. The molecule has 0 radical (unpaired) electrons. The Labute approximate surface area is 137 Å². The molecule has 0 fully saturated rings. The minimum absolute atomic E-state index is 0.0222. The highest BCUT2D eigenvalue weighted by molar-refractivity contribution is 5.94. The first-order valence-electron chi connectivity index (χ1n) is 7.17. The van der Waals surface area contributed by atoms with E-state index in [2.05, 4.69) is 10.5 Å². The van der Waals surface area contributed by atoms with Crippen LogP contribution in [0.4, 0.5) is 4.39 Å². The topological polar surface area (TPSA) is 102 Å². The van der Waals surface area contributed by atoms with E-state index in [-0.39, 0.29) is 23.0 Å². The predicted molar refractivity (Wildman–Crippen MR) is 81.4 cm³/mol. The molecule has 2 rings (SSSR count). The average molecular weight is 336 g/mol. The predicted octanol–water partition coefficient (Wildman–Crippen LogP) is 2.50. The van der Waals surface area contributed by atoms with Gasteiger partial charge in [0.05, 0.1) is 12.8 Å². The molecular weight excluding hydrogens is 319 g/mol. The van der Waals surface area contributed by atoms with Crippen LogP contribution in [0, 0.1) is 5.82 Å². The highest BCUT2D eigenvalue weighted by Gasteiger charge is 2.26. The molecule has 0 aliphatic heterocycles. The number of methoxy groups -OCH3 is 1. The van der Waals surface area contributed by atoms with Crippen molar-refractivity contribution in [2.24, 2.45) is 0 Å². The van der Waals surface area contributed by atoms with E-state index < -0.39 is 23.7 Å². The van der Waals surface area contributed by atoms with E-state index in [1.165, 1.54) is 25.3 Å². The van der Waals surface area contributed by atoms with E-state index in [9.17, 15) is 19.1 Å². The average Bonchev–Trinajstić information content (AvgIpc) is 3.02. The molecule has 8 heteroatoms. The van der Waals surface area contributed by atoms with E-state index in [1.807, 2.05) is 13.8 Å². The zero-order valence-electron chi connectivity index (χ0n) is 13.4. The van der Waals surface area contributed by atoms with Gasteiger partial charge in [0.1, 0.15) is 0 Å². The van der Waals surface area contributed by atoms with Crippen LogP contribution in [0.5, 0.6) is 5.75 Å². The number of hydrogen-bond acceptors (Lipinski definition) is 5. The Balaban J connectivity index is 2.23. The van der Waals surface area contributed by atoms with Gasteiger partial charge < -0.3 is 19.7 Å². The van der Waals surface area contributed by atoms with Gasteiger partial charge in [0.25, 0.3) is 5.91 Å². The third kappa shape index (κ3) is 3.70. The van der Waals surface area contributed by atoms with Crippen molar-refractivity contribution >= 4 is 11.9 Å². The number of ether oxygens (including phenoxy) is 1. The molecule has 1 amide bonds. The number of aromatic nitrogens is 1. The van der Waals surface area contributed by atoms with Crippen molar-refractivity contribution in [3.8, 4) is 5.75 Å². The van der Waals surface area contributed by atoms with Gasteiger partial charge in [0.15, 0.2) is 17.6 Å². The summed E-state index contributed by atoms with van der Waals surface area (Å²) in [4.78, 5) is 23.6. The smallest absolute Gasteiger partial charge is 0.330 e. The van der Waals surface area contributed by atoms with Crippen LogP contribution in [-0.4, -0.2) is 29.2 Å². The first-order chi connectivity index (χ1) is 11.3. The molecular formula is C16H17FN2O5. The highest BCUT2D eigenvalue weighted by atomic mass is 19.1.